The van der Waals surface area contributed by atoms with Gasteiger partial charge in [0.1, 0.15) is 18.6 Å². The van der Waals surface area contributed by atoms with Crippen LogP contribution in [0.25, 0.3) is 10.8 Å². The molecular weight excluding hydrogens is 566 g/mol. The molecule has 3 aromatic carbocycles. The van der Waals surface area contributed by atoms with E-state index in [1.54, 1.807) is 42.5 Å². The molecule has 3 aromatic rings. The normalized spacial score (nSPS) is 27.2. The summed E-state index contributed by atoms with van der Waals surface area (Å²) in [6, 6.07) is 15.9. The van der Waals surface area contributed by atoms with Crippen LogP contribution in [0.1, 0.15) is 15.9 Å². The third-order valence-electron chi connectivity index (χ3n) is 8.88. The number of fused-ring (bicyclic) bond motifs is 1. The van der Waals surface area contributed by atoms with Gasteiger partial charge in [-0.05, 0) is 35.9 Å². The first-order valence-corrected chi connectivity index (χ1v) is 14.2. The summed E-state index contributed by atoms with van der Waals surface area (Å²) < 4.78 is 0. The number of aliphatic imine (C=N–C) groups is 2. The molecule has 1 spiro atoms. The van der Waals surface area contributed by atoms with Gasteiger partial charge in [-0.1, -0.05) is 54.1 Å². The molecule has 14 nitrogen and oxygen atoms in total. The van der Waals surface area contributed by atoms with Gasteiger partial charge >= 0.3 is 6.03 Å². The lowest BCUT2D eigenvalue weighted by molar-refractivity contribution is -0.230. The van der Waals surface area contributed by atoms with Gasteiger partial charge in [0.25, 0.3) is 11.8 Å². The fourth-order valence-corrected chi connectivity index (χ4v) is 6.79. The molecule has 4 amide bonds. The largest absolute Gasteiger partial charge is 0.370 e. The highest BCUT2D eigenvalue weighted by molar-refractivity contribution is 6.12. The number of aliphatic hydroxyl groups is 2. The quantitative estimate of drug-likeness (QED) is 0.164. The van der Waals surface area contributed by atoms with Crippen LogP contribution in [0.5, 0.6) is 0 Å². The van der Waals surface area contributed by atoms with Crippen LogP contribution in [0.2, 0.25) is 0 Å². The van der Waals surface area contributed by atoms with E-state index < -0.39 is 47.4 Å². The number of aryl methyl sites for hydroxylation is 1. The van der Waals surface area contributed by atoms with Crippen molar-refractivity contribution in [2.45, 2.75) is 36.5 Å². The average Bonchev–Trinajstić information content (AvgIpc) is 3.58. The molecule has 4 atom stereocenters. The molecule has 2 unspecified atom stereocenters. The topological polar surface area (TPSA) is 202 Å². The second-order valence-electron chi connectivity index (χ2n) is 11.5. The predicted molar refractivity (Wildman–Crippen MR) is 161 cm³/mol. The molecule has 44 heavy (non-hydrogen) atoms. The number of nitrogens with one attached hydrogen (secondary N) is 2. The highest BCUT2D eigenvalue weighted by Gasteiger charge is 2.73. The Morgan fingerprint density at radius 2 is 1.84 bits per heavy atom. The first-order valence-electron chi connectivity index (χ1n) is 14.2. The van der Waals surface area contributed by atoms with Crippen molar-refractivity contribution in [3.05, 3.63) is 77.9 Å². The number of benzene rings is 3. The van der Waals surface area contributed by atoms with E-state index in [2.05, 4.69) is 20.6 Å². The van der Waals surface area contributed by atoms with Crippen LogP contribution in [-0.2, 0) is 4.79 Å². The van der Waals surface area contributed by atoms with Crippen molar-refractivity contribution in [1.82, 2.24) is 20.4 Å². The van der Waals surface area contributed by atoms with E-state index in [0.29, 0.717) is 16.6 Å². The number of hydrogen-bond acceptors (Lipinski definition) is 11. The molecule has 0 saturated carbocycles. The molecule has 0 bridgehead atoms. The zero-order valence-electron chi connectivity index (χ0n) is 23.7. The Bertz CT molecular complexity index is 1780. The number of imide groups is 1. The van der Waals surface area contributed by atoms with Crippen LogP contribution in [0.15, 0.2) is 76.7 Å². The smallest absolute Gasteiger partial charge is 0.331 e. The zero-order valence-corrected chi connectivity index (χ0v) is 23.7. The van der Waals surface area contributed by atoms with Crippen molar-refractivity contribution >= 4 is 46.2 Å². The molecular formula is C30H31N9O5. The highest BCUT2D eigenvalue weighted by Crippen LogP contribution is 2.45. The molecule has 226 valence electrons. The maximum atomic E-state index is 13.6. The first kappa shape index (κ1) is 27.6. The van der Waals surface area contributed by atoms with Crippen molar-refractivity contribution in [2.75, 3.05) is 24.5 Å². The summed E-state index contributed by atoms with van der Waals surface area (Å²) >= 11 is 0. The van der Waals surface area contributed by atoms with E-state index in [0.717, 1.165) is 15.8 Å². The number of anilines is 1. The van der Waals surface area contributed by atoms with Crippen molar-refractivity contribution in [2.24, 2.45) is 21.5 Å². The third kappa shape index (κ3) is 3.91. The SMILES string of the molecule is Cc1ccc2c(C(=O)NC3CN4C(N)=N[C@@H](CN5C(=O)CN(c6ccccc6)C5=O)[C@@H]5N=C(N)NC54C3(O)O)cccc2c1. The second kappa shape index (κ2) is 9.65. The average molecular weight is 598 g/mol. The van der Waals surface area contributed by atoms with Gasteiger partial charge in [0.2, 0.25) is 5.79 Å². The van der Waals surface area contributed by atoms with Crippen molar-refractivity contribution in [3.8, 4) is 0 Å². The molecule has 0 aromatic heterocycles. The maximum Gasteiger partial charge on any atom is 0.331 e. The van der Waals surface area contributed by atoms with Gasteiger partial charge in [0, 0.05) is 17.8 Å². The lowest BCUT2D eigenvalue weighted by Crippen LogP contribution is -2.78. The van der Waals surface area contributed by atoms with Gasteiger partial charge in [0.05, 0.1) is 12.6 Å². The van der Waals surface area contributed by atoms with Gasteiger partial charge < -0.3 is 37.2 Å². The monoisotopic (exact) mass is 597 g/mol. The Hall–Kier alpha value is -5.21. The van der Waals surface area contributed by atoms with Gasteiger partial charge in [-0.25, -0.2) is 14.8 Å². The van der Waals surface area contributed by atoms with Crippen LogP contribution in [0.3, 0.4) is 0 Å². The standard InChI is InChI=1S/C30H31N9O5/c1-16-10-11-19-17(12-16)6-5-9-20(19)25(41)34-22-14-39-27(32)33-21(24-29(39,30(22,43)44)36-26(31)35-24)13-38-23(40)15-37(28(38)42)18-7-3-2-4-8-18/h2-12,21-22,24,43-44H,13-15H2,1H3,(H2,32,33)(H,34,41)(H3,31,35,36)/t21-,22?,24-,29?/m0/s1. The number of carbonyl (C=O) groups excluding carboxylic acids is 3. The van der Waals surface area contributed by atoms with Crippen molar-refractivity contribution < 1.29 is 24.6 Å². The summed E-state index contributed by atoms with van der Waals surface area (Å²) in [6.07, 6.45) is 0. The number of hydrogen-bond donors (Lipinski definition) is 6. The molecule has 4 aliphatic rings. The number of amides is 4. The molecule has 4 heterocycles. The van der Waals surface area contributed by atoms with Gasteiger partial charge in [-0.15, -0.1) is 0 Å². The summed E-state index contributed by atoms with van der Waals surface area (Å²) in [5.41, 5.74) is 12.6. The van der Waals surface area contributed by atoms with Crippen LogP contribution >= 0.6 is 0 Å². The van der Waals surface area contributed by atoms with Crippen LogP contribution in [0, 0.1) is 6.92 Å². The van der Waals surface area contributed by atoms with E-state index in [4.69, 9.17) is 11.5 Å². The first-order chi connectivity index (χ1) is 21.0. The summed E-state index contributed by atoms with van der Waals surface area (Å²) in [5, 5.41) is 30.8. The molecule has 4 aliphatic heterocycles. The van der Waals surface area contributed by atoms with E-state index in [-0.39, 0.29) is 31.6 Å². The van der Waals surface area contributed by atoms with Gasteiger partial charge in [-0.3, -0.25) is 19.4 Å². The highest BCUT2D eigenvalue weighted by atomic mass is 16.5. The number of guanidine groups is 2. The van der Waals surface area contributed by atoms with E-state index in [9.17, 15) is 24.6 Å². The number of urea groups is 1. The lowest BCUT2D eigenvalue weighted by atomic mass is 9.84. The Kier molecular flexibility index (Phi) is 6.06. The summed E-state index contributed by atoms with van der Waals surface area (Å²) in [7, 11) is 0. The van der Waals surface area contributed by atoms with E-state index >= 15 is 0 Å². The third-order valence-corrected chi connectivity index (χ3v) is 8.88. The van der Waals surface area contributed by atoms with Crippen LogP contribution in [0.4, 0.5) is 10.5 Å². The Labute approximate surface area is 251 Å². The van der Waals surface area contributed by atoms with Crippen molar-refractivity contribution in [3.63, 3.8) is 0 Å². The Morgan fingerprint density at radius 3 is 2.61 bits per heavy atom. The van der Waals surface area contributed by atoms with Crippen LogP contribution in [-0.4, -0.2) is 99.0 Å². The fraction of sp³-hybridized carbons (Fsp3) is 0.300. The molecule has 2 fully saturated rings. The van der Waals surface area contributed by atoms with Gasteiger partial charge in [0.15, 0.2) is 17.6 Å². The minimum Gasteiger partial charge on any atom is -0.370 e. The number of para-hydroxylation sites is 1. The summed E-state index contributed by atoms with van der Waals surface area (Å²) in [6.45, 7) is 1.42. The molecule has 2 saturated heterocycles. The Morgan fingerprint density at radius 1 is 1.07 bits per heavy atom. The van der Waals surface area contributed by atoms with E-state index in [1.807, 2.05) is 31.2 Å². The second-order valence-corrected chi connectivity index (χ2v) is 11.5. The summed E-state index contributed by atoms with van der Waals surface area (Å²) in [5.74, 6) is -3.84. The van der Waals surface area contributed by atoms with Crippen molar-refractivity contribution in [1.29, 1.82) is 0 Å². The predicted octanol–water partition coefficient (Wildman–Crippen LogP) is -0.608. The number of nitrogens with two attached hydrogens (primary N) is 2. The Balaban J connectivity index is 1.18. The number of nitrogens with zero attached hydrogens (tertiary/aromatic N) is 5. The summed E-state index contributed by atoms with van der Waals surface area (Å²) in [4.78, 5) is 52.7. The molecule has 0 aliphatic carbocycles. The minimum absolute atomic E-state index is 0.0903. The fourth-order valence-electron chi connectivity index (χ4n) is 6.79. The maximum absolute atomic E-state index is 13.6. The molecule has 0 radical (unpaired) electrons. The number of rotatable bonds is 5. The number of carbonyl (C=O) groups is 3. The minimum atomic E-state index is -2.67. The lowest BCUT2D eigenvalue weighted by Gasteiger charge is -2.49. The molecule has 8 N–H and O–H groups in total. The zero-order chi connectivity index (χ0) is 31.0. The van der Waals surface area contributed by atoms with E-state index in [1.165, 1.54) is 9.80 Å². The van der Waals surface area contributed by atoms with Gasteiger partial charge in [-0.2, -0.15) is 0 Å². The molecule has 7 rings (SSSR count). The molecule has 14 heteroatoms. The van der Waals surface area contributed by atoms with Crippen LogP contribution < -0.4 is 27.0 Å².